The summed E-state index contributed by atoms with van der Waals surface area (Å²) in [6, 6.07) is 11.8. The third-order valence-corrected chi connectivity index (χ3v) is 4.34. The molecule has 2 aromatic carbocycles. The van der Waals surface area contributed by atoms with Gasteiger partial charge in [-0.2, -0.15) is 0 Å². The van der Waals surface area contributed by atoms with E-state index in [-0.39, 0.29) is 24.0 Å². The molecule has 2 aromatic rings. The molecule has 3 N–H and O–H groups in total. The number of halogens is 1. The van der Waals surface area contributed by atoms with Crippen molar-refractivity contribution in [3.05, 3.63) is 47.5 Å². The van der Waals surface area contributed by atoms with Crippen molar-refractivity contribution >= 4 is 47.4 Å². The largest absolute Gasteiger partial charge is 0.493 e. The molecule has 0 aliphatic carbocycles. The summed E-state index contributed by atoms with van der Waals surface area (Å²) in [5.41, 5.74) is 9.19. The summed E-state index contributed by atoms with van der Waals surface area (Å²) >= 11 is 1.71. The highest BCUT2D eigenvalue weighted by Crippen LogP contribution is 2.29. The first-order valence-corrected chi connectivity index (χ1v) is 8.72. The van der Waals surface area contributed by atoms with Crippen LogP contribution in [-0.2, 0) is 6.54 Å². The van der Waals surface area contributed by atoms with Crippen LogP contribution in [0.4, 0.5) is 5.69 Å². The first kappa shape index (κ1) is 21.4. The van der Waals surface area contributed by atoms with Crippen LogP contribution in [-0.4, -0.2) is 26.4 Å². The molecule has 0 unspecified atom stereocenters. The normalized spacial score (nSPS) is 10.8. The van der Waals surface area contributed by atoms with E-state index >= 15 is 0 Å². The summed E-state index contributed by atoms with van der Waals surface area (Å²) in [5.74, 6) is 1.66. The fraction of sp³-hybridized carbons (Fsp3) is 0.278. The number of aliphatic imine (C=N–C) groups is 1. The van der Waals surface area contributed by atoms with Gasteiger partial charge < -0.3 is 20.5 Å². The molecule has 5 nitrogen and oxygen atoms in total. The molecule has 0 bridgehead atoms. The van der Waals surface area contributed by atoms with Crippen molar-refractivity contribution in [3.8, 4) is 11.5 Å². The van der Waals surface area contributed by atoms with Gasteiger partial charge in [0.1, 0.15) is 0 Å². The van der Waals surface area contributed by atoms with Gasteiger partial charge >= 0.3 is 0 Å². The minimum Gasteiger partial charge on any atom is -0.493 e. The maximum absolute atomic E-state index is 6.00. The SMILES string of the molecule is COc1ccc(NC(N)=NCc2ccc(C)cc2SC)cc1OC.I. The highest BCUT2D eigenvalue weighted by Gasteiger charge is 2.06. The van der Waals surface area contributed by atoms with Crippen molar-refractivity contribution < 1.29 is 9.47 Å². The Labute approximate surface area is 170 Å². The van der Waals surface area contributed by atoms with Gasteiger partial charge in [0.15, 0.2) is 17.5 Å². The maximum Gasteiger partial charge on any atom is 0.193 e. The maximum atomic E-state index is 6.00. The van der Waals surface area contributed by atoms with Crippen molar-refractivity contribution in [2.75, 3.05) is 25.8 Å². The second-order valence-electron chi connectivity index (χ2n) is 5.21. The van der Waals surface area contributed by atoms with E-state index in [1.807, 2.05) is 18.2 Å². The van der Waals surface area contributed by atoms with Crippen LogP contribution in [0.1, 0.15) is 11.1 Å². The molecule has 25 heavy (non-hydrogen) atoms. The van der Waals surface area contributed by atoms with E-state index < -0.39 is 0 Å². The lowest BCUT2D eigenvalue weighted by molar-refractivity contribution is 0.355. The first-order chi connectivity index (χ1) is 11.6. The van der Waals surface area contributed by atoms with Gasteiger partial charge in [-0.25, -0.2) is 4.99 Å². The molecule has 136 valence electrons. The summed E-state index contributed by atoms with van der Waals surface area (Å²) in [6.07, 6.45) is 2.06. The fourth-order valence-electron chi connectivity index (χ4n) is 2.25. The number of aryl methyl sites for hydroxylation is 1. The monoisotopic (exact) mass is 473 g/mol. The Kier molecular flexibility index (Phi) is 8.91. The van der Waals surface area contributed by atoms with Crippen LogP contribution in [0.15, 0.2) is 46.3 Å². The number of anilines is 1. The van der Waals surface area contributed by atoms with Crippen molar-refractivity contribution in [1.29, 1.82) is 0 Å². The average molecular weight is 473 g/mol. The molecule has 0 fully saturated rings. The second-order valence-corrected chi connectivity index (χ2v) is 6.06. The van der Waals surface area contributed by atoms with Gasteiger partial charge in [0.25, 0.3) is 0 Å². The first-order valence-electron chi connectivity index (χ1n) is 7.50. The van der Waals surface area contributed by atoms with E-state index in [4.69, 9.17) is 15.2 Å². The number of thioether (sulfide) groups is 1. The molecule has 0 saturated heterocycles. The van der Waals surface area contributed by atoms with E-state index in [0.29, 0.717) is 24.0 Å². The average Bonchev–Trinajstić information content (AvgIpc) is 2.60. The lowest BCUT2D eigenvalue weighted by Crippen LogP contribution is -2.22. The molecule has 0 heterocycles. The molecule has 0 spiro atoms. The van der Waals surface area contributed by atoms with E-state index in [0.717, 1.165) is 11.3 Å². The highest BCUT2D eigenvalue weighted by molar-refractivity contribution is 14.0. The van der Waals surface area contributed by atoms with Gasteiger partial charge in [-0.3, -0.25) is 0 Å². The molecule has 2 rings (SSSR count). The standard InChI is InChI=1S/C18H23N3O2S.HI/c1-12-5-6-13(17(9-12)24-4)11-20-18(19)21-14-7-8-15(22-2)16(10-14)23-3;/h5-10H,11H2,1-4H3,(H3,19,20,21);1H. The van der Waals surface area contributed by atoms with Crippen molar-refractivity contribution in [1.82, 2.24) is 0 Å². The van der Waals surface area contributed by atoms with Crippen LogP contribution in [0, 0.1) is 6.92 Å². The van der Waals surface area contributed by atoms with Crippen LogP contribution in [0.2, 0.25) is 0 Å². The van der Waals surface area contributed by atoms with Crippen LogP contribution >= 0.6 is 35.7 Å². The number of benzene rings is 2. The number of nitrogens with one attached hydrogen (secondary N) is 1. The van der Waals surface area contributed by atoms with Crippen molar-refractivity contribution in [2.45, 2.75) is 18.4 Å². The number of methoxy groups -OCH3 is 2. The molecule has 0 amide bonds. The summed E-state index contributed by atoms with van der Waals surface area (Å²) in [6.45, 7) is 2.61. The third kappa shape index (κ3) is 6.00. The predicted molar refractivity (Wildman–Crippen MR) is 117 cm³/mol. The Morgan fingerprint density at radius 1 is 1.12 bits per heavy atom. The molecule has 0 aromatic heterocycles. The fourth-order valence-corrected chi connectivity index (χ4v) is 2.95. The molecular weight excluding hydrogens is 449 g/mol. The Bertz CT molecular complexity index is 738. The molecule has 0 aliphatic rings. The number of hydrogen-bond acceptors (Lipinski definition) is 4. The molecule has 0 saturated carbocycles. The van der Waals surface area contributed by atoms with Crippen molar-refractivity contribution in [2.24, 2.45) is 10.7 Å². The zero-order valence-corrected chi connectivity index (χ0v) is 18.0. The minimum absolute atomic E-state index is 0. The summed E-state index contributed by atoms with van der Waals surface area (Å²) in [4.78, 5) is 5.64. The number of ether oxygens (including phenoxy) is 2. The highest BCUT2D eigenvalue weighted by atomic mass is 127. The van der Waals surface area contributed by atoms with Crippen LogP contribution in [0.3, 0.4) is 0 Å². The van der Waals surface area contributed by atoms with E-state index in [9.17, 15) is 0 Å². The number of guanidine groups is 1. The number of rotatable bonds is 6. The Morgan fingerprint density at radius 3 is 2.48 bits per heavy atom. The predicted octanol–water partition coefficient (Wildman–Crippen LogP) is 4.28. The molecule has 0 radical (unpaired) electrons. The molecule has 0 aliphatic heterocycles. The number of nitrogens with two attached hydrogens (primary N) is 1. The zero-order valence-electron chi connectivity index (χ0n) is 14.8. The number of nitrogens with zero attached hydrogens (tertiary/aromatic N) is 1. The Morgan fingerprint density at radius 2 is 1.84 bits per heavy atom. The lowest BCUT2D eigenvalue weighted by Gasteiger charge is -2.11. The van der Waals surface area contributed by atoms with Gasteiger partial charge in [-0.15, -0.1) is 35.7 Å². The van der Waals surface area contributed by atoms with E-state index in [2.05, 4.69) is 41.7 Å². The van der Waals surface area contributed by atoms with Gasteiger partial charge in [-0.1, -0.05) is 12.1 Å². The number of hydrogen-bond donors (Lipinski definition) is 2. The smallest absolute Gasteiger partial charge is 0.193 e. The van der Waals surface area contributed by atoms with E-state index in [1.165, 1.54) is 10.5 Å². The summed E-state index contributed by atoms with van der Waals surface area (Å²) in [5, 5.41) is 3.07. The zero-order chi connectivity index (χ0) is 17.5. The summed E-state index contributed by atoms with van der Waals surface area (Å²) < 4.78 is 10.5. The van der Waals surface area contributed by atoms with Crippen LogP contribution in [0.25, 0.3) is 0 Å². The Balaban J connectivity index is 0.00000312. The van der Waals surface area contributed by atoms with Gasteiger partial charge in [0.2, 0.25) is 0 Å². The Hall–Kier alpha value is -1.61. The summed E-state index contributed by atoms with van der Waals surface area (Å²) in [7, 11) is 3.20. The van der Waals surface area contributed by atoms with Gasteiger partial charge in [0, 0.05) is 16.6 Å². The van der Waals surface area contributed by atoms with Crippen LogP contribution < -0.4 is 20.5 Å². The van der Waals surface area contributed by atoms with Crippen LogP contribution in [0.5, 0.6) is 11.5 Å². The van der Waals surface area contributed by atoms with Crippen molar-refractivity contribution in [3.63, 3.8) is 0 Å². The molecule has 7 heteroatoms. The molecular formula is C18H24IN3O2S. The second kappa shape index (κ2) is 10.4. The van der Waals surface area contributed by atoms with Gasteiger partial charge in [-0.05, 0) is 42.5 Å². The topological polar surface area (TPSA) is 68.9 Å². The molecule has 0 atom stereocenters. The minimum atomic E-state index is 0. The quantitative estimate of drug-likeness (QED) is 0.284. The third-order valence-electron chi connectivity index (χ3n) is 3.52. The van der Waals surface area contributed by atoms with Gasteiger partial charge in [0.05, 0.1) is 20.8 Å². The lowest BCUT2D eigenvalue weighted by atomic mass is 10.1. The van der Waals surface area contributed by atoms with E-state index in [1.54, 1.807) is 26.0 Å².